The summed E-state index contributed by atoms with van der Waals surface area (Å²) in [5, 5.41) is 0.797. The number of hydrogen-bond acceptors (Lipinski definition) is 2. The molecule has 1 spiro atoms. The summed E-state index contributed by atoms with van der Waals surface area (Å²) in [6.45, 7) is 0. The standard InChI is InChI=1S/C27H33ClN2/c28-23-17-15-21(16-18-23)24-26-25(22-13-9-8-10-14-22)30(26)27(29-24)19-11-6-4-2-1-3-5-7-12-20-27/h8-10,13-18,25-26H,1-7,11-12,19-20H2/t25-,26-,30?/m1/s1. The fourth-order valence-corrected chi connectivity index (χ4v) is 5.90. The van der Waals surface area contributed by atoms with Crippen LogP contribution in [0, 0.1) is 0 Å². The molecule has 2 fully saturated rings. The van der Waals surface area contributed by atoms with E-state index in [0.717, 1.165) is 5.02 Å². The third kappa shape index (κ3) is 3.97. The monoisotopic (exact) mass is 420 g/mol. The highest BCUT2D eigenvalue weighted by Crippen LogP contribution is 2.58. The first-order valence-corrected chi connectivity index (χ1v) is 12.4. The Hall–Kier alpha value is -1.64. The Bertz CT molecular complexity index is 861. The Balaban J connectivity index is 1.48. The van der Waals surface area contributed by atoms with Crippen molar-refractivity contribution in [2.24, 2.45) is 4.99 Å². The van der Waals surface area contributed by atoms with Gasteiger partial charge in [-0.25, -0.2) is 0 Å². The zero-order valence-electron chi connectivity index (χ0n) is 17.9. The van der Waals surface area contributed by atoms with E-state index in [9.17, 15) is 0 Å². The van der Waals surface area contributed by atoms with Gasteiger partial charge in [-0.2, -0.15) is 0 Å². The molecule has 1 saturated carbocycles. The number of benzene rings is 2. The van der Waals surface area contributed by atoms with Gasteiger partial charge in [0.1, 0.15) is 5.66 Å². The maximum atomic E-state index is 6.18. The van der Waals surface area contributed by atoms with Crippen LogP contribution in [0.2, 0.25) is 5.02 Å². The van der Waals surface area contributed by atoms with Gasteiger partial charge in [0.2, 0.25) is 0 Å². The smallest absolute Gasteiger partial charge is 0.114 e. The molecule has 2 aromatic rings. The molecule has 0 N–H and O–H groups in total. The fourth-order valence-electron chi connectivity index (χ4n) is 5.78. The quantitative estimate of drug-likeness (QED) is 0.457. The van der Waals surface area contributed by atoms with Crippen molar-refractivity contribution < 1.29 is 0 Å². The second-order valence-electron chi connectivity index (χ2n) is 9.38. The molecule has 0 bridgehead atoms. The van der Waals surface area contributed by atoms with Crippen molar-refractivity contribution in [1.29, 1.82) is 0 Å². The molecule has 0 amide bonds. The summed E-state index contributed by atoms with van der Waals surface area (Å²) in [6, 6.07) is 20.3. The third-order valence-electron chi connectivity index (χ3n) is 7.33. The van der Waals surface area contributed by atoms with Crippen LogP contribution in [0.25, 0.3) is 0 Å². The lowest BCUT2D eigenvalue weighted by Crippen LogP contribution is -2.34. The van der Waals surface area contributed by atoms with Gasteiger partial charge in [0.25, 0.3) is 0 Å². The van der Waals surface area contributed by atoms with E-state index in [4.69, 9.17) is 16.6 Å². The van der Waals surface area contributed by atoms with E-state index in [2.05, 4.69) is 47.4 Å². The molecule has 3 heteroatoms. The van der Waals surface area contributed by atoms with Crippen LogP contribution < -0.4 is 0 Å². The zero-order chi connectivity index (χ0) is 20.4. The molecule has 3 aliphatic rings. The van der Waals surface area contributed by atoms with E-state index in [-0.39, 0.29) is 5.66 Å². The third-order valence-corrected chi connectivity index (χ3v) is 7.59. The van der Waals surface area contributed by atoms with Crippen LogP contribution in [0.15, 0.2) is 59.6 Å². The van der Waals surface area contributed by atoms with E-state index >= 15 is 0 Å². The Kier molecular flexibility index (Phi) is 5.98. The van der Waals surface area contributed by atoms with Gasteiger partial charge in [0, 0.05) is 5.02 Å². The Morgan fingerprint density at radius 3 is 1.87 bits per heavy atom. The summed E-state index contributed by atoms with van der Waals surface area (Å²) in [4.78, 5) is 8.26. The minimum atomic E-state index is -0.0145. The second kappa shape index (κ2) is 8.85. The van der Waals surface area contributed by atoms with E-state index < -0.39 is 0 Å². The first-order valence-electron chi connectivity index (χ1n) is 12.0. The highest BCUT2D eigenvalue weighted by molar-refractivity contribution is 6.30. The Labute approximate surface area is 186 Å². The lowest BCUT2D eigenvalue weighted by Gasteiger charge is -2.31. The van der Waals surface area contributed by atoms with Crippen LogP contribution in [-0.2, 0) is 0 Å². The number of hydrogen-bond donors (Lipinski definition) is 0. The number of fused-ring (bicyclic) bond motifs is 2. The fraction of sp³-hybridized carbons (Fsp3) is 0.519. The minimum absolute atomic E-state index is 0.0145. The van der Waals surface area contributed by atoms with Crippen molar-refractivity contribution in [3.63, 3.8) is 0 Å². The molecule has 3 atom stereocenters. The highest BCUT2D eigenvalue weighted by atomic mass is 35.5. The molecule has 1 saturated heterocycles. The number of rotatable bonds is 2. The molecule has 158 valence electrons. The SMILES string of the molecule is Clc1ccc(C2=NC3(CCCCCCCCCCC3)N3[C@H]2[C@H]3c2ccccc2)cc1. The molecule has 2 aromatic carbocycles. The molecule has 0 aromatic heterocycles. The van der Waals surface area contributed by atoms with Crippen LogP contribution in [0.3, 0.4) is 0 Å². The molecule has 5 rings (SSSR count). The van der Waals surface area contributed by atoms with Crippen molar-refractivity contribution in [2.45, 2.75) is 88.4 Å². The maximum absolute atomic E-state index is 6.18. The molecule has 0 radical (unpaired) electrons. The number of halogens is 1. The Morgan fingerprint density at radius 1 is 0.700 bits per heavy atom. The molecule has 1 aliphatic carbocycles. The summed E-state index contributed by atoms with van der Waals surface area (Å²) in [5.74, 6) is 0. The van der Waals surface area contributed by atoms with Gasteiger partial charge in [-0.05, 0) is 48.9 Å². The van der Waals surface area contributed by atoms with Crippen molar-refractivity contribution in [3.8, 4) is 0 Å². The van der Waals surface area contributed by atoms with Crippen molar-refractivity contribution in [2.75, 3.05) is 0 Å². The van der Waals surface area contributed by atoms with Gasteiger partial charge in [0.15, 0.2) is 0 Å². The minimum Gasteiger partial charge on any atom is -0.265 e. The molecule has 2 aliphatic heterocycles. The van der Waals surface area contributed by atoms with Crippen molar-refractivity contribution in [3.05, 3.63) is 70.7 Å². The molecule has 2 nitrogen and oxygen atoms in total. The summed E-state index contributed by atoms with van der Waals surface area (Å²) in [7, 11) is 0. The molecule has 1 unspecified atom stereocenters. The molecule has 2 heterocycles. The van der Waals surface area contributed by atoms with Crippen molar-refractivity contribution in [1.82, 2.24) is 4.90 Å². The largest absolute Gasteiger partial charge is 0.265 e. The molecular weight excluding hydrogens is 388 g/mol. The van der Waals surface area contributed by atoms with Crippen molar-refractivity contribution >= 4 is 17.3 Å². The van der Waals surface area contributed by atoms with Crippen LogP contribution in [-0.4, -0.2) is 22.3 Å². The summed E-state index contributed by atoms with van der Waals surface area (Å²) in [5.41, 5.74) is 3.96. The topological polar surface area (TPSA) is 15.4 Å². The van der Waals surface area contributed by atoms with Gasteiger partial charge in [0.05, 0.1) is 17.8 Å². The summed E-state index contributed by atoms with van der Waals surface area (Å²) in [6.07, 6.45) is 14.7. The van der Waals surface area contributed by atoms with Gasteiger partial charge < -0.3 is 0 Å². The maximum Gasteiger partial charge on any atom is 0.114 e. The number of aliphatic imine (C=N–C) groups is 1. The average Bonchev–Trinajstić information content (AvgIpc) is 3.43. The normalized spacial score (nSPS) is 28.8. The predicted octanol–water partition coefficient (Wildman–Crippen LogP) is 7.57. The van der Waals surface area contributed by atoms with Gasteiger partial charge in [-0.15, -0.1) is 0 Å². The number of nitrogens with zero attached hydrogens (tertiary/aromatic N) is 2. The van der Waals surface area contributed by atoms with E-state index in [1.807, 2.05) is 12.1 Å². The van der Waals surface area contributed by atoms with Crippen LogP contribution >= 0.6 is 11.6 Å². The van der Waals surface area contributed by atoms with E-state index in [1.165, 1.54) is 87.5 Å². The summed E-state index contributed by atoms with van der Waals surface area (Å²) >= 11 is 6.18. The van der Waals surface area contributed by atoms with E-state index in [1.54, 1.807) is 0 Å². The first kappa shape index (κ1) is 20.3. The van der Waals surface area contributed by atoms with Crippen LogP contribution in [0.5, 0.6) is 0 Å². The predicted molar refractivity (Wildman–Crippen MR) is 126 cm³/mol. The lowest BCUT2D eigenvalue weighted by atomic mass is 9.92. The Morgan fingerprint density at radius 2 is 1.27 bits per heavy atom. The highest BCUT2D eigenvalue weighted by Gasteiger charge is 2.64. The second-order valence-corrected chi connectivity index (χ2v) is 9.81. The van der Waals surface area contributed by atoms with Crippen LogP contribution in [0.1, 0.15) is 87.8 Å². The van der Waals surface area contributed by atoms with Gasteiger partial charge >= 0.3 is 0 Å². The van der Waals surface area contributed by atoms with Gasteiger partial charge in [-0.1, -0.05) is 99.0 Å². The zero-order valence-corrected chi connectivity index (χ0v) is 18.7. The lowest BCUT2D eigenvalue weighted by molar-refractivity contribution is 0.182. The summed E-state index contributed by atoms with van der Waals surface area (Å²) < 4.78 is 0. The molecular formula is C27H33ClN2. The van der Waals surface area contributed by atoms with E-state index in [0.29, 0.717) is 12.1 Å². The first-order chi connectivity index (χ1) is 14.8. The average molecular weight is 421 g/mol. The van der Waals surface area contributed by atoms with Gasteiger partial charge in [-0.3, -0.25) is 9.89 Å². The molecule has 30 heavy (non-hydrogen) atoms. The van der Waals surface area contributed by atoms with Crippen LogP contribution in [0.4, 0.5) is 0 Å².